The van der Waals surface area contributed by atoms with Crippen molar-refractivity contribution in [2.75, 3.05) is 0 Å². The maximum atomic E-state index is 0. The Balaban J connectivity index is 0. The molecule has 0 bridgehead atoms. The topological polar surface area (TPSA) is 30.5 Å². The first kappa shape index (κ1) is 37.1. The summed E-state index contributed by atoms with van der Waals surface area (Å²) in [7, 11) is 0. The van der Waals surface area contributed by atoms with E-state index in [0.29, 0.717) is 0 Å². The number of hydrogen-bond acceptors (Lipinski definition) is 0. The molecule has 0 fully saturated rings. The van der Waals surface area contributed by atoms with Gasteiger partial charge in [0.15, 0.2) is 0 Å². The quantitative estimate of drug-likeness (QED) is 0.475. The molecule has 0 amide bonds. The molecule has 0 unspecified atom stereocenters. The Hall–Kier alpha value is 2.02. The average Bonchev–Trinajstić information content (AvgIpc) is 0. The van der Waals surface area contributed by atoms with E-state index in [1.807, 2.05) is 0 Å². The van der Waals surface area contributed by atoms with Gasteiger partial charge in [-0.25, -0.2) is 0 Å². The summed E-state index contributed by atoms with van der Waals surface area (Å²) >= 11 is 0. The van der Waals surface area contributed by atoms with Gasteiger partial charge in [0, 0.05) is 32.0 Å². The summed E-state index contributed by atoms with van der Waals surface area (Å²) in [6, 6.07) is 0. The first-order valence-corrected chi connectivity index (χ1v) is 0. The fourth-order valence-corrected chi connectivity index (χ4v) is 0. The van der Waals surface area contributed by atoms with Crippen molar-refractivity contribution < 1.29 is 0 Å². The van der Waals surface area contributed by atoms with Crippen molar-refractivity contribution in [1.82, 2.24) is 6.15 Å². The molecular weight excluding hydrogens is 273 g/mol. The van der Waals surface area contributed by atoms with Crippen LogP contribution in [0.2, 0.25) is 0 Å². The monoisotopic (exact) mass is 273 g/mol. The SMILES string of the molecule is [As-3].[Ga+3].[In].[N]. The molecule has 4 heavy (non-hydrogen) atoms. The van der Waals surface area contributed by atoms with Crippen molar-refractivity contribution >= 4 is 63.6 Å². The van der Waals surface area contributed by atoms with Crippen LogP contribution in [0, 0.1) is 0 Å². The molecule has 0 atom stereocenters. The Labute approximate surface area is 69.0 Å². The summed E-state index contributed by atoms with van der Waals surface area (Å²) in [4.78, 5) is 0. The third-order valence-electron chi connectivity index (χ3n) is 0. The molecule has 0 aromatic heterocycles. The van der Waals surface area contributed by atoms with E-state index in [1.165, 1.54) is 0 Å². The average molecular weight is 273 g/mol. The maximum Gasteiger partial charge on any atom is 3.00 e. The standard InChI is InChI=1S/As.Ga.In.N/q-3;+3;;. The number of nitrogens with zero attached hydrogens (tertiary/aromatic N) is 1. The zero-order valence-corrected chi connectivity index (χ0v) is 9.64. The van der Waals surface area contributed by atoms with Crippen molar-refractivity contribution in [3.05, 3.63) is 0 Å². The molecule has 0 aromatic rings. The van der Waals surface area contributed by atoms with Gasteiger partial charge in [-0.2, -0.15) is 0 Å². The predicted octanol–water partition coefficient (Wildman–Crippen LogP) is -1.62. The van der Waals surface area contributed by atoms with Gasteiger partial charge in [0.25, 0.3) is 0 Å². The van der Waals surface area contributed by atoms with Crippen LogP contribution < -0.4 is 6.15 Å². The smallest absolute Gasteiger partial charge is 3.00 e. The van der Waals surface area contributed by atoms with Crippen molar-refractivity contribution in [2.24, 2.45) is 0 Å². The molecule has 0 aliphatic rings. The second kappa shape index (κ2) is 19.9. The molecule has 16 valence electrons. The van der Waals surface area contributed by atoms with Crippen LogP contribution in [0.1, 0.15) is 0 Å². The Kier molecular flexibility index (Phi) is 184. The van der Waals surface area contributed by atoms with E-state index < -0.39 is 0 Å². The minimum absolute atomic E-state index is 0. The van der Waals surface area contributed by atoms with E-state index in [-0.39, 0.29) is 69.7 Å². The molecular formula is AsGaInN. The summed E-state index contributed by atoms with van der Waals surface area (Å²) in [6.45, 7) is 0. The minimum atomic E-state index is 0. The first-order chi connectivity index (χ1) is 0. The molecule has 1 nitrogen and oxygen atoms in total. The van der Waals surface area contributed by atoms with E-state index in [1.54, 1.807) is 0 Å². The predicted molar refractivity (Wildman–Crippen MR) is 19.4 cm³/mol. The zero-order chi connectivity index (χ0) is 0. The van der Waals surface area contributed by atoms with E-state index in [2.05, 4.69) is 0 Å². The van der Waals surface area contributed by atoms with E-state index in [4.69, 9.17) is 0 Å². The molecule has 0 aliphatic carbocycles. The fraction of sp³-hybridized carbons (Fsp3) is 0. The molecule has 0 N–H and O–H groups in total. The van der Waals surface area contributed by atoms with Gasteiger partial charge in [-0.3, -0.25) is 0 Å². The molecule has 0 spiro atoms. The van der Waals surface area contributed by atoms with Gasteiger partial charge in [0.2, 0.25) is 0 Å². The largest absolute Gasteiger partial charge is 3.00 e. The van der Waals surface area contributed by atoms with Gasteiger partial charge in [-0.1, -0.05) is 0 Å². The van der Waals surface area contributed by atoms with Crippen molar-refractivity contribution in [1.29, 1.82) is 0 Å². The van der Waals surface area contributed by atoms with Crippen LogP contribution in [0.3, 0.4) is 0 Å². The second-order valence-electron chi connectivity index (χ2n) is 0. The summed E-state index contributed by atoms with van der Waals surface area (Å²) in [5, 5.41) is 0. The fourth-order valence-electron chi connectivity index (χ4n) is 0. The van der Waals surface area contributed by atoms with Crippen molar-refractivity contribution in [2.45, 2.75) is 0 Å². The second-order valence-corrected chi connectivity index (χ2v) is 0. The third-order valence-corrected chi connectivity index (χ3v) is 0. The van der Waals surface area contributed by atoms with Crippen molar-refractivity contribution in [3.8, 4) is 0 Å². The summed E-state index contributed by atoms with van der Waals surface area (Å²) in [5.74, 6) is 0. The van der Waals surface area contributed by atoms with Crippen LogP contribution in [0.25, 0.3) is 0 Å². The van der Waals surface area contributed by atoms with Gasteiger partial charge in [-0.15, -0.1) is 0 Å². The van der Waals surface area contributed by atoms with Crippen LogP contribution >= 0.6 is 0 Å². The van der Waals surface area contributed by atoms with Gasteiger partial charge >= 0.3 is 19.8 Å². The first-order valence-electron chi connectivity index (χ1n) is 0. The molecule has 0 saturated carbocycles. The molecule has 0 aliphatic heterocycles. The van der Waals surface area contributed by atoms with Crippen LogP contribution in [0.5, 0.6) is 0 Å². The molecule has 0 rings (SSSR count). The molecule has 0 saturated heterocycles. The van der Waals surface area contributed by atoms with E-state index in [0.717, 1.165) is 0 Å². The van der Waals surface area contributed by atoms with Crippen molar-refractivity contribution in [3.63, 3.8) is 0 Å². The Morgan fingerprint density at radius 2 is 1.00 bits per heavy atom. The minimum Gasteiger partial charge on any atom is -3.00 e. The van der Waals surface area contributed by atoms with Crippen LogP contribution in [-0.2, 0) is 0 Å². The summed E-state index contributed by atoms with van der Waals surface area (Å²) in [6.07, 6.45) is 0. The molecule has 0 heterocycles. The van der Waals surface area contributed by atoms with Gasteiger partial charge < -0.3 is 18.0 Å². The summed E-state index contributed by atoms with van der Waals surface area (Å²) < 4.78 is 0. The van der Waals surface area contributed by atoms with E-state index >= 15 is 0 Å². The molecule has 0 aromatic carbocycles. The third kappa shape index (κ3) is 8.98. The van der Waals surface area contributed by atoms with Gasteiger partial charge in [0.1, 0.15) is 0 Å². The molecule has 4 heteroatoms. The Morgan fingerprint density at radius 3 is 1.00 bits per heavy atom. The van der Waals surface area contributed by atoms with Gasteiger partial charge in [0.05, 0.1) is 0 Å². The van der Waals surface area contributed by atoms with Crippen LogP contribution in [0.4, 0.5) is 0 Å². The van der Waals surface area contributed by atoms with Gasteiger partial charge in [-0.05, 0) is 0 Å². The van der Waals surface area contributed by atoms with E-state index in [9.17, 15) is 0 Å². The molecule has 6 radical (unpaired) electrons. The zero-order valence-electron chi connectivity index (χ0n) is 2.05. The normalized spacial score (nSPS) is 0. The van der Waals surface area contributed by atoms with Crippen LogP contribution in [0.15, 0.2) is 0 Å². The van der Waals surface area contributed by atoms with Crippen LogP contribution in [-0.4, -0.2) is 63.6 Å². The number of rotatable bonds is 0. The maximum absolute atomic E-state index is 0. The Morgan fingerprint density at radius 1 is 1.00 bits per heavy atom. The Bertz CT molecular complexity index is 8.00. The summed E-state index contributed by atoms with van der Waals surface area (Å²) in [5.41, 5.74) is 0. The number of hydrogen-bond donors (Lipinski definition) is 0.